The van der Waals surface area contributed by atoms with Crippen molar-refractivity contribution < 1.29 is 13.9 Å². The van der Waals surface area contributed by atoms with Crippen LogP contribution in [-0.4, -0.2) is 26.9 Å². The number of ether oxygens (including phenoxy) is 2. The zero-order chi connectivity index (χ0) is 11.1. The topological polar surface area (TPSA) is 43.6 Å². The number of furan rings is 1. The van der Waals surface area contributed by atoms with Crippen LogP contribution in [0.5, 0.6) is 0 Å². The minimum atomic E-state index is 0.0857. The number of methoxy groups -OCH3 is 1. The van der Waals surface area contributed by atoms with E-state index in [1.807, 2.05) is 20.0 Å². The maximum atomic E-state index is 5.57. The van der Waals surface area contributed by atoms with Crippen molar-refractivity contribution in [3.63, 3.8) is 0 Å². The molecule has 1 heterocycles. The van der Waals surface area contributed by atoms with Crippen LogP contribution >= 0.6 is 0 Å². The molecule has 86 valence electrons. The van der Waals surface area contributed by atoms with Crippen LogP contribution in [-0.2, 0) is 22.6 Å². The van der Waals surface area contributed by atoms with Gasteiger partial charge in [-0.2, -0.15) is 0 Å². The van der Waals surface area contributed by atoms with E-state index in [9.17, 15) is 0 Å². The molecule has 1 N–H and O–H groups in total. The molecule has 0 bridgehead atoms. The summed E-state index contributed by atoms with van der Waals surface area (Å²) in [5.41, 5.74) is 1.14. The Kier molecular flexibility index (Phi) is 5.39. The fraction of sp³-hybridized carbons (Fsp3) is 0.636. The third-order valence-electron chi connectivity index (χ3n) is 2.11. The summed E-state index contributed by atoms with van der Waals surface area (Å²) in [7, 11) is 3.57. The Bertz CT molecular complexity index is 273. The van der Waals surface area contributed by atoms with Gasteiger partial charge in [-0.15, -0.1) is 0 Å². The SMILES string of the molecule is CNCc1ccoc1COC(C)COC. The lowest BCUT2D eigenvalue weighted by Crippen LogP contribution is -2.15. The Morgan fingerprint density at radius 1 is 1.53 bits per heavy atom. The van der Waals surface area contributed by atoms with E-state index in [1.54, 1.807) is 13.4 Å². The summed E-state index contributed by atoms with van der Waals surface area (Å²) in [4.78, 5) is 0. The zero-order valence-electron chi connectivity index (χ0n) is 9.58. The maximum absolute atomic E-state index is 5.57. The van der Waals surface area contributed by atoms with Gasteiger partial charge in [0.15, 0.2) is 0 Å². The standard InChI is InChI=1S/C11H19NO3/c1-9(7-13-3)15-8-11-10(6-12-2)4-5-14-11/h4-5,9,12H,6-8H2,1-3H3. The highest BCUT2D eigenvalue weighted by molar-refractivity contribution is 5.15. The number of hydrogen-bond donors (Lipinski definition) is 1. The van der Waals surface area contributed by atoms with Crippen LogP contribution in [0.25, 0.3) is 0 Å². The van der Waals surface area contributed by atoms with E-state index in [4.69, 9.17) is 13.9 Å². The number of nitrogens with one attached hydrogen (secondary N) is 1. The van der Waals surface area contributed by atoms with E-state index < -0.39 is 0 Å². The Labute approximate surface area is 90.6 Å². The van der Waals surface area contributed by atoms with Gasteiger partial charge in [-0.3, -0.25) is 0 Å². The van der Waals surface area contributed by atoms with Crippen LogP contribution < -0.4 is 5.32 Å². The summed E-state index contributed by atoms with van der Waals surface area (Å²) < 4.78 is 15.9. The molecular formula is C11H19NO3. The molecule has 4 nitrogen and oxygen atoms in total. The Hall–Kier alpha value is -0.840. The molecule has 0 aliphatic rings. The molecular weight excluding hydrogens is 194 g/mol. The van der Waals surface area contributed by atoms with E-state index in [2.05, 4.69) is 5.32 Å². The first-order chi connectivity index (χ1) is 7.27. The second-order valence-electron chi connectivity index (χ2n) is 3.48. The first kappa shape index (κ1) is 12.2. The second-order valence-corrected chi connectivity index (χ2v) is 3.48. The Morgan fingerprint density at radius 2 is 2.33 bits per heavy atom. The fourth-order valence-electron chi connectivity index (χ4n) is 1.34. The highest BCUT2D eigenvalue weighted by atomic mass is 16.5. The first-order valence-corrected chi connectivity index (χ1v) is 5.08. The van der Waals surface area contributed by atoms with E-state index in [0.29, 0.717) is 13.2 Å². The molecule has 1 unspecified atom stereocenters. The van der Waals surface area contributed by atoms with Crippen molar-refractivity contribution >= 4 is 0 Å². The lowest BCUT2D eigenvalue weighted by Gasteiger charge is -2.11. The van der Waals surface area contributed by atoms with Gasteiger partial charge in [-0.05, 0) is 20.0 Å². The van der Waals surface area contributed by atoms with Crippen LogP contribution in [0.4, 0.5) is 0 Å². The van der Waals surface area contributed by atoms with Gasteiger partial charge in [-0.1, -0.05) is 0 Å². The summed E-state index contributed by atoms with van der Waals surface area (Å²) >= 11 is 0. The lowest BCUT2D eigenvalue weighted by atomic mass is 10.2. The van der Waals surface area contributed by atoms with Crippen LogP contribution in [0.2, 0.25) is 0 Å². The summed E-state index contributed by atoms with van der Waals surface area (Å²) in [5.74, 6) is 0.882. The molecule has 15 heavy (non-hydrogen) atoms. The van der Waals surface area contributed by atoms with Crippen molar-refractivity contribution in [3.05, 3.63) is 23.7 Å². The monoisotopic (exact) mass is 213 g/mol. The molecule has 0 aliphatic heterocycles. The molecule has 0 aromatic carbocycles. The minimum absolute atomic E-state index is 0.0857. The molecule has 0 amide bonds. The molecule has 0 radical (unpaired) electrons. The summed E-state index contributed by atoms with van der Waals surface area (Å²) in [5, 5.41) is 3.08. The summed E-state index contributed by atoms with van der Waals surface area (Å²) in [6, 6.07) is 1.95. The van der Waals surface area contributed by atoms with Crippen LogP contribution in [0.1, 0.15) is 18.2 Å². The molecule has 0 saturated heterocycles. The predicted octanol–water partition coefficient (Wildman–Crippen LogP) is 1.55. The molecule has 0 spiro atoms. The van der Waals surface area contributed by atoms with Crippen molar-refractivity contribution in [1.82, 2.24) is 5.32 Å². The third kappa shape index (κ3) is 4.03. The molecule has 0 aliphatic carbocycles. The lowest BCUT2D eigenvalue weighted by molar-refractivity contribution is -0.00669. The third-order valence-corrected chi connectivity index (χ3v) is 2.11. The molecule has 1 aromatic heterocycles. The number of hydrogen-bond acceptors (Lipinski definition) is 4. The van der Waals surface area contributed by atoms with Crippen molar-refractivity contribution in [2.75, 3.05) is 20.8 Å². The molecule has 1 atom stereocenters. The van der Waals surface area contributed by atoms with Gasteiger partial charge in [0.25, 0.3) is 0 Å². The quantitative estimate of drug-likeness (QED) is 0.746. The van der Waals surface area contributed by atoms with Crippen LogP contribution in [0, 0.1) is 0 Å². The maximum Gasteiger partial charge on any atom is 0.133 e. The van der Waals surface area contributed by atoms with Gasteiger partial charge in [-0.25, -0.2) is 0 Å². The molecule has 1 aromatic rings. The molecule has 0 saturated carbocycles. The van der Waals surface area contributed by atoms with E-state index in [-0.39, 0.29) is 6.10 Å². The van der Waals surface area contributed by atoms with Gasteiger partial charge in [0.05, 0.1) is 19.0 Å². The first-order valence-electron chi connectivity index (χ1n) is 5.08. The van der Waals surface area contributed by atoms with Crippen molar-refractivity contribution in [2.45, 2.75) is 26.2 Å². The van der Waals surface area contributed by atoms with Gasteiger partial charge < -0.3 is 19.2 Å². The average molecular weight is 213 g/mol. The highest BCUT2D eigenvalue weighted by Crippen LogP contribution is 2.12. The molecule has 1 rings (SSSR count). The zero-order valence-corrected chi connectivity index (χ0v) is 9.58. The van der Waals surface area contributed by atoms with Crippen LogP contribution in [0.15, 0.2) is 16.7 Å². The second kappa shape index (κ2) is 6.61. The molecule has 0 fully saturated rings. The average Bonchev–Trinajstić information content (AvgIpc) is 2.64. The van der Waals surface area contributed by atoms with Gasteiger partial charge >= 0.3 is 0 Å². The van der Waals surface area contributed by atoms with Gasteiger partial charge in [0.2, 0.25) is 0 Å². The predicted molar refractivity (Wildman–Crippen MR) is 57.6 cm³/mol. The molecule has 4 heteroatoms. The van der Waals surface area contributed by atoms with Crippen LogP contribution in [0.3, 0.4) is 0 Å². The van der Waals surface area contributed by atoms with E-state index in [0.717, 1.165) is 17.9 Å². The van der Waals surface area contributed by atoms with Gasteiger partial charge in [0.1, 0.15) is 12.4 Å². The minimum Gasteiger partial charge on any atom is -0.467 e. The van der Waals surface area contributed by atoms with Crippen molar-refractivity contribution in [2.24, 2.45) is 0 Å². The van der Waals surface area contributed by atoms with E-state index in [1.165, 1.54) is 0 Å². The summed E-state index contributed by atoms with van der Waals surface area (Å²) in [6.45, 7) is 3.87. The fourth-order valence-corrected chi connectivity index (χ4v) is 1.34. The largest absolute Gasteiger partial charge is 0.467 e. The Morgan fingerprint density at radius 3 is 3.00 bits per heavy atom. The summed E-state index contributed by atoms with van der Waals surface area (Å²) in [6.07, 6.45) is 1.77. The Balaban J connectivity index is 2.39. The smallest absolute Gasteiger partial charge is 0.133 e. The van der Waals surface area contributed by atoms with Crippen molar-refractivity contribution in [1.29, 1.82) is 0 Å². The highest BCUT2D eigenvalue weighted by Gasteiger charge is 2.08. The number of rotatable bonds is 7. The van der Waals surface area contributed by atoms with Crippen molar-refractivity contribution in [3.8, 4) is 0 Å². The van der Waals surface area contributed by atoms with Gasteiger partial charge in [0, 0.05) is 19.2 Å². The van der Waals surface area contributed by atoms with E-state index >= 15 is 0 Å². The normalized spacial score (nSPS) is 13.0.